The minimum atomic E-state index is -0.495. The molecule has 6 nitrogen and oxygen atoms in total. The van der Waals surface area contributed by atoms with Crippen LogP contribution < -0.4 is 5.32 Å². The maximum Gasteiger partial charge on any atom is 0.318 e. The zero-order valence-corrected chi connectivity index (χ0v) is 15.0. The van der Waals surface area contributed by atoms with E-state index in [4.69, 9.17) is 0 Å². The maximum absolute atomic E-state index is 12.3. The second-order valence-electron chi connectivity index (χ2n) is 5.99. The Labute approximate surface area is 141 Å². The summed E-state index contributed by atoms with van der Waals surface area (Å²) in [6.07, 6.45) is 6.09. The number of carbonyl (C=O) groups is 2. The van der Waals surface area contributed by atoms with Gasteiger partial charge in [-0.15, -0.1) is 11.3 Å². The summed E-state index contributed by atoms with van der Waals surface area (Å²) in [7, 11) is 1.72. The first-order valence-electron chi connectivity index (χ1n) is 8.25. The quantitative estimate of drug-likeness (QED) is 0.895. The van der Waals surface area contributed by atoms with Gasteiger partial charge in [0.1, 0.15) is 11.0 Å². The number of rotatable bonds is 5. The molecule has 1 aliphatic rings. The van der Waals surface area contributed by atoms with Crippen molar-refractivity contribution in [3.05, 3.63) is 16.1 Å². The van der Waals surface area contributed by atoms with Crippen molar-refractivity contribution >= 4 is 23.3 Å². The van der Waals surface area contributed by atoms with E-state index in [1.54, 1.807) is 30.2 Å². The van der Waals surface area contributed by atoms with Crippen molar-refractivity contribution in [3.63, 3.8) is 0 Å². The van der Waals surface area contributed by atoms with Crippen LogP contribution in [0, 0.1) is 0 Å². The second kappa shape index (κ2) is 8.29. The summed E-state index contributed by atoms with van der Waals surface area (Å²) in [4.78, 5) is 33.5. The van der Waals surface area contributed by atoms with Gasteiger partial charge in [-0.25, -0.2) is 9.78 Å². The summed E-state index contributed by atoms with van der Waals surface area (Å²) in [5.41, 5.74) is 0. The smallest absolute Gasteiger partial charge is 0.318 e. The molecule has 1 aliphatic heterocycles. The molecule has 3 amide bonds. The number of thiazole rings is 1. The lowest BCUT2D eigenvalue weighted by molar-refractivity contribution is -0.133. The van der Waals surface area contributed by atoms with Gasteiger partial charge >= 0.3 is 6.03 Å². The lowest BCUT2D eigenvalue weighted by Gasteiger charge is -2.30. The van der Waals surface area contributed by atoms with E-state index in [2.05, 4.69) is 17.2 Å². The molecule has 1 atom stereocenters. The molecule has 0 aliphatic carbocycles. The van der Waals surface area contributed by atoms with Crippen molar-refractivity contribution in [1.29, 1.82) is 0 Å². The standard InChI is InChI=1S/C16H26N4O2S/c1-4-13-10-17-14(23-13)11-19(3)16(22)18-12(2)15(21)20-8-6-5-7-9-20/h10,12H,4-9,11H2,1-3H3,(H,18,22)/t12-/m0/s1. The van der Waals surface area contributed by atoms with Gasteiger partial charge in [-0.2, -0.15) is 0 Å². The summed E-state index contributed by atoms with van der Waals surface area (Å²) in [6, 6.07) is -0.735. The third-order valence-corrected chi connectivity index (χ3v) is 5.17. The normalized spacial score (nSPS) is 16.0. The average Bonchev–Trinajstić information content (AvgIpc) is 3.02. The van der Waals surface area contributed by atoms with Crippen LogP contribution in [-0.2, 0) is 17.8 Å². The number of aromatic nitrogens is 1. The molecule has 1 saturated heterocycles. The zero-order chi connectivity index (χ0) is 16.8. The summed E-state index contributed by atoms with van der Waals surface area (Å²) < 4.78 is 0. The number of aryl methyl sites for hydroxylation is 1. The highest BCUT2D eigenvalue weighted by Gasteiger charge is 2.24. The van der Waals surface area contributed by atoms with Crippen molar-refractivity contribution in [1.82, 2.24) is 20.1 Å². The molecule has 7 heteroatoms. The molecule has 1 aromatic heterocycles. The molecule has 0 aromatic carbocycles. The number of hydrogen-bond donors (Lipinski definition) is 1. The minimum Gasteiger partial charge on any atom is -0.341 e. The molecule has 0 unspecified atom stereocenters. The Balaban J connectivity index is 1.83. The number of carbonyl (C=O) groups excluding carboxylic acids is 2. The van der Waals surface area contributed by atoms with E-state index in [9.17, 15) is 9.59 Å². The van der Waals surface area contributed by atoms with Gasteiger partial charge in [-0.1, -0.05) is 6.92 Å². The Morgan fingerprint density at radius 1 is 1.39 bits per heavy atom. The lowest BCUT2D eigenvalue weighted by Crippen LogP contribution is -2.51. The molecule has 23 heavy (non-hydrogen) atoms. The first-order chi connectivity index (χ1) is 11.0. The lowest BCUT2D eigenvalue weighted by atomic mass is 10.1. The van der Waals surface area contributed by atoms with Gasteiger partial charge in [0.2, 0.25) is 5.91 Å². The van der Waals surface area contributed by atoms with Gasteiger partial charge in [0, 0.05) is 31.2 Å². The largest absolute Gasteiger partial charge is 0.341 e. The summed E-state index contributed by atoms with van der Waals surface area (Å²) >= 11 is 1.62. The number of amides is 3. The highest BCUT2D eigenvalue weighted by molar-refractivity contribution is 7.11. The molecule has 2 heterocycles. The van der Waals surface area contributed by atoms with Crippen molar-refractivity contribution in [2.75, 3.05) is 20.1 Å². The van der Waals surface area contributed by atoms with E-state index < -0.39 is 6.04 Å². The van der Waals surface area contributed by atoms with Gasteiger partial charge in [0.25, 0.3) is 0 Å². The predicted molar refractivity (Wildman–Crippen MR) is 91.4 cm³/mol. The number of nitrogens with one attached hydrogen (secondary N) is 1. The monoisotopic (exact) mass is 338 g/mol. The molecule has 0 spiro atoms. The molecular formula is C16H26N4O2S. The van der Waals surface area contributed by atoms with Crippen LogP contribution in [0.5, 0.6) is 0 Å². The number of likely N-dealkylation sites (tertiary alicyclic amines) is 1. The number of nitrogens with zero attached hydrogens (tertiary/aromatic N) is 3. The molecule has 1 aromatic rings. The zero-order valence-electron chi connectivity index (χ0n) is 14.2. The average molecular weight is 338 g/mol. The first-order valence-corrected chi connectivity index (χ1v) is 9.07. The SMILES string of the molecule is CCc1cnc(CN(C)C(=O)N[C@@H](C)C(=O)N2CCCCC2)s1. The number of piperidine rings is 1. The minimum absolute atomic E-state index is 0.00830. The Morgan fingerprint density at radius 3 is 2.70 bits per heavy atom. The molecule has 1 N–H and O–H groups in total. The van der Waals surface area contributed by atoms with Crippen LogP contribution in [0.2, 0.25) is 0 Å². The Hall–Kier alpha value is -1.63. The fourth-order valence-corrected chi connectivity index (χ4v) is 3.52. The van der Waals surface area contributed by atoms with E-state index in [1.807, 2.05) is 11.1 Å². The van der Waals surface area contributed by atoms with E-state index in [-0.39, 0.29) is 11.9 Å². The van der Waals surface area contributed by atoms with Crippen LogP contribution in [0.25, 0.3) is 0 Å². The molecule has 1 fully saturated rings. The highest BCUT2D eigenvalue weighted by atomic mass is 32.1. The number of hydrogen-bond acceptors (Lipinski definition) is 4. The van der Waals surface area contributed by atoms with Crippen molar-refractivity contribution in [2.45, 2.75) is 52.1 Å². The van der Waals surface area contributed by atoms with Crippen LogP contribution in [-0.4, -0.2) is 52.9 Å². The van der Waals surface area contributed by atoms with E-state index >= 15 is 0 Å². The first kappa shape index (κ1) is 17.7. The highest BCUT2D eigenvalue weighted by Crippen LogP contribution is 2.15. The summed E-state index contributed by atoms with van der Waals surface area (Å²) in [5, 5.41) is 3.70. The predicted octanol–water partition coefficient (Wildman–Crippen LogP) is 2.25. The fraction of sp³-hybridized carbons (Fsp3) is 0.688. The maximum atomic E-state index is 12.3. The second-order valence-corrected chi connectivity index (χ2v) is 7.19. The van der Waals surface area contributed by atoms with Crippen LogP contribution in [0.4, 0.5) is 4.79 Å². The van der Waals surface area contributed by atoms with Gasteiger partial charge in [-0.3, -0.25) is 4.79 Å². The fourth-order valence-electron chi connectivity index (χ4n) is 2.60. The molecule has 128 valence electrons. The molecule has 0 bridgehead atoms. The molecule has 0 saturated carbocycles. The summed E-state index contributed by atoms with van der Waals surface area (Å²) in [6.45, 7) is 5.89. The Morgan fingerprint density at radius 2 is 2.09 bits per heavy atom. The van der Waals surface area contributed by atoms with Crippen LogP contribution >= 0.6 is 11.3 Å². The molecule has 0 radical (unpaired) electrons. The Bertz CT molecular complexity index is 540. The third kappa shape index (κ3) is 4.92. The van der Waals surface area contributed by atoms with Crippen molar-refractivity contribution in [2.24, 2.45) is 0 Å². The van der Waals surface area contributed by atoms with Crippen molar-refractivity contribution < 1.29 is 9.59 Å². The topological polar surface area (TPSA) is 65.5 Å². The molecule has 2 rings (SSSR count). The number of urea groups is 1. The van der Waals surface area contributed by atoms with Gasteiger partial charge in [-0.05, 0) is 32.6 Å². The van der Waals surface area contributed by atoms with Crippen LogP contribution in [0.3, 0.4) is 0 Å². The summed E-state index contributed by atoms with van der Waals surface area (Å²) in [5.74, 6) is 0.00830. The van der Waals surface area contributed by atoms with Crippen molar-refractivity contribution in [3.8, 4) is 0 Å². The van der Waals surface area contributed by atoms with Crippen LogP contribution in [0.1, 0.15) is 43.0 Å². The Kier molecular flexibility index (Phi) is 6.38. The van der Waals surface area contributed by atoms with E-state index in [0.29, 0.717) is 6.54 Å². The van der Waals surface area contributed by atoms with Gasteiger partial charge in [0.15, 0.2) is 0 Å². The van der Waals surface area contributed by atoms with Crippen LogP contribution in [0.15, 0.2) is 6.20 Å². The van der Waals surface area contributed by atoms with Gasteiger partial charge < -0.3 is 15.1 Å². The van der Waals surface area contributed by atoms with Gasteiger partial charge in [0.05, 0.1) is 6.54 Å². The molecular weight excluding hydrogens is 312 g/mol. The van der Waals surface area contributed by atoms with E-state index in [0.717, 1.165) is 37.4 Å². The third-order valence-electron chi connectivity index (χ3n) is 4.05. The van der Waals surface area contributed by atoms with E-state index in [1.165, 1.54) is 11.3 Å².